The number of imide groups is 1. The van der Waals surface area contributed by atoms with Crippen LogP contribution in [0.5, 0.6) is 0 Å². The van der Waals surface area contributed by atoms with Crippen LogP contribution in [0.25, 0.3) is 6.08 Å². The van der Waals surface area contributed by atoms with Crippen LogP contribution < -0.4 is 20.9 Å². The minimum atomic E-state index is -0.622. The highest BCUT2D eigenvalue weighted by atomic mass is 16.2. The van der Waals surface area contributed by atoms with Crippen molar-refractivity contribution in [1.82, 2.24) is 40.3 Å². The molecule has 306 valence electrons. The van der Waals surface area contributed by atoms with Crippen LogP contribution in [0.4, 0.5) is 11.4 Å². The number of benzene rings is 1. The zero-order valence-electron chi connectivity index (χ0n) is 33.3. The number of likely N-dealkylation sites (tertiary alicyclic amines) is 1. The fraction of sp³-hybridized carbons (Fsp3) is 0.488. The maximum absolute atomic E-state index is 13.3. The van der Waals surface area contributed by atoms with Gasteiger partial charge in [-0.2, -0.15) is 0 Å². The van der Waals surface area contributed by atoms with Crippen LogP contribution in [0, 0.1) is 12.8 Å². The Bertz CT molecular complexity index is 2000. The van der Waals surface area contributed by atoms with Gasteiger partial charge in [0.1, 0.15) is 11.7 Å². The summed E-state index contributed by atoms with van der Waals surface area (Å²) in [7, 11) is 0. The van der Waals surface area contributed by atoms with Gasteiger partial charge in [0.25, 0.3) is 11.8 Å². The summed E-state index contributed by atoms with van der Waals surface area (Å²) in [4.78, 5) is 83.8. The van der Waals surface area contributed by atoms with Gasteiger partial charge in [0.2, 0.25) is 17.7 Å². The van der Waals surface area contributed by atoms with Gasteiger partial charge >= 0.3 is 0 Å². The van der Waals surface area contributed by atoms with Gasteiger partial charge in [-0.1, -0.05) is 18.9 Å². The van der Waals surface area contributed by atoms with E-state index in [-0.39, 0.29) is 30.0 Å². The number of pyridine rings is 1. The summed E-state index contributed by atoms with van der Waals surface area (Å²) in [6.45, 7) is 8.75. The van der Waals surface area contributed by atoms with E-state index in [2.05, 4.69) is 40.7 Å². The Morgan fingerprint density at radius 1 is 0.931 bits per heavy atom. The van der Waals surface area contributed by atoms with Gasteiger partial charge in [0.15, 0.2) is 0 Å². The number of carbonyl (C=O) groups is 5. The summed E-state index contributed by atoms with van der Waals surface area (Å²) >= 11 is 0. The third-order valence-corrected chi connectivity index (χ3v) is 11.6. The van der Waals surface area contributed by atoms with E-state index in [1.807, 2.05) is 42.3 Å². The third kappa shape index (κ3) is 10.2. The van der Waals surface area contributed by atoms with Crippen molar-refractivity contribution in [3.63, 3.8) is 0 Å². The molecule has 0 aliphatic carbocycles. The Hall–Kier alpha value is -5.70. The van der Waals surface area contributed by atoms with E-state index in [0.717, 1.165) is 114 Å². The summed E-state index contributed by atoms with van der Waals surface area (Å²) in [5.74, 6) is -0.406. The van der Waals surface area contributed by atoms with Crippen molar-refractivity contribution < 1.29 is 24.0 Å². The van der Waals surface area contributed by atoms with Gasteiger partial charge in [0, 0.05) is 81.3 Å². The summed E-state index contributed by atoms with van der Waals surface area (Å²) in [5, 5.41) is 8.82. The van der Waals surface area contributed by atoms with Gasteiger partial charge in [-0.3, -0.25) is 44.2 Å². The molecule has 3 aromatic rings. The van der Waals surface area contributed by atoms with Crippen molar-refractivity contribution in [1.29, 1.82) is 0 Å². The van der Waals surface area contributed by atoms with Gasteiger partial charge < -0.3 is 25.3 Å². The predicted octanol–water partition coefficient (Wildman–Crippen LogP) is 3.76. The molecule has 3 saturated heterocycles. The maximum Gasteiger partial charge on any atom is 0.272 e. The Balaban J connectivity index is 0.759. The molecule has 1 atom stereocenters. The molecule has 0 spiro atoms. The monoisotopic (exact) mass is 790 g/mol. The van der Waals surface area contributed by atoms with Crippen molar-refractivity contribution in [2.24, 2.45) is 5.92 Å². The number of aryl methyl sites for hydroxylation is 1. The molecule has 4 aliphatic rings. The standard InChI is InChI=1S/C43H54N10O5/c1-30-25-44-26-32(48-30)10-14-39(54)46-19-3-2-7-31-16-21-51(22-17-31)43(58)37-12-11-33(27-47-37)52-24-23-50(29-52)20-5-4-18-45-36-9-6-8-34-35(36)28-53(42(34)57)38-13-15-40(55)49-41(38)56/h6,8-12,14,25-27,31,38,45H,2-5,7,13,15-24,28-29H2,1H3,(H,46,54)(H,49,55,56)/b14-10+. The normalized spacial score (nSPS) is 18.9. The molecule has 3 fully saturated rings. The number of aromatic nitrogens is 3. The lowest BCUT2D eigenvalue weighted by atomic mass is 9.91. The highest BCUT2D eigenvalue weighted by Gasteiger charge is 2.40. The molecule has 1 unspecified atom stereocenters. The van der Waals surface area contributed by atoms with E-state index in [4.69, 9.17) is 0 Å². The summed E-state index contributed by atoms with van der Waals surface area (Å²) in [6, 6.07) is 8.90. The lowest BCUT2D eigenvalue weighted by Gasteiger charge is -2.32. The first-order valence-corrected chi connectivity index (χ1v) is 20.7. The number of hydrogen-bond donors (Lipinski definition) is 3. The minimum Gasteiger partial charge on any atom is -0.385 e. The summed E-state index contributed by atoms with van der Waals surface area (Å²) in [5.41, 5.74) is 5.41. The number of nitrogens with zero attached hydrogens (tertiary/aromatic N) is 7. The number of amides is 5. The fourth-order valence-corrected chi connectivity index (χ4v) is 8.31. The van der Waals surface area contributed by atoms with E-state index in [1.54, 1.807) is 29.4 Å². The largest absolute Gasteiger partial charge is 0.385 e. The van der Waals surface area contributed by atoms with Crippen molar-refractivity contribution in [3.05, 3.63) is 83.2 Å². The zero-order valence-corrected chi connectivity index (χ0v) is 33.3. The summed E-state index contributed by atoms with van der Waals surface area (Å²) in [6.07, 6.45) is 15.9. The molecule has 4 aliphatic heterocycles. The van der Waals surface area contributed by atoms with E-state index >= 15 is 0 Å². The van der Waals surface area contributed by atoms with Crippen molar-refractivity contribution in [3.8, 4) is 0 Å². The lowest BCUT2D eigenvalue weighted by Crippen LogP contribution is -2.52. The molecule has 6 heterocycles. The van der Waals surface area contributed by atoms with Crippen LogP contribution in [0.2, 0.25) is 0 Å². The molecular weight excluding hydrogens is 737 g/mol. The Morgan fingerprint density at radius 2 is 1.78 bits per heavy atom. The number of rotatable bonds is 16. The topological polar surface area (TPSA) is 173 Å². The number of carbonyl (C=O) groups excluding carboxylic acids is 5. The molecule has 58 heavy (non-hydrogen) atoms. The minimum absolute atomic E-state index is 0.00670. The second-order valence-corrected chi connectivity index (χ2v) is 15.7. The van der Waals surface area contributed by atoms with Crippen LogP contribution in [0.15, 0.2) is 55.0 Å². The van der Waals surface area contributed by atoms with Crippen LogP contribution >= 0.6 is 0 Å². The maximum atomic E-state index is 13.3. The predicted molar refractivity (Wildman–Crippen MR) is 220 cm³/mol. The lowest BCUT2D eigenvalue weighted by molar-refractivity contribution is -0.137. The molecule has 0 radical (unpaired) electrons. The van der Waals surface area contributed by atoms with E-state index < -0.39 is 11.9 Å². The van der Waals surface area contributed by atoms with Crippen LogP contribution in [0.3, 0.4) is 0 Å². The molecule has 0 saturated carbocycles. The quantitative estimate of drug-likeness (QED) is 0.110. The first kappa shape index (κ1) is 40.5. The molecule has 1 aromatic carbocycles. The second kappa shape index (κ2) is 19.2. The molecule has 5 amide bonds. The fourth-order valence-electron chi connectivity index (χ4n) is 8.31. The average molecular weight is 791 g/mol. The Morgan fingerprint density at radius 3 is 2.57 bits per heavy atom. The van der Waals surface area contributed by atoms with Crippen LogP contribution in [0.1, 0.15) is 95.6 Å². The van der Waals surface area contributed by atoms with Gasteiger partial charge in [-0.15, -0.1) is 0 Å². The number of unbranched alkanes of at least 4 members (excludes halogenated alkanes) is 2. The van der Waals surface area contributed by atoms with E-state index in [0.29, 0.717) is 42.4 Å². The van der Waals surface area contributed by atoms with Gasteiger partial charge in [-0.05, 0) is 88.3 Å². The molecule has 2 aromatic heterocycles. The number of fused-ring (bicyclic) bond motifs is 1. The molecule has 15 heteroatoms. The molecule has 7 rings (SSSR count). The molecule has 15 nitrogen and oxygen atoms in total. The Kier molecular flexibility index (Phi) is 13.4. The Labute approximate surface area is 339 Å². The first-order valence-electron chi connectivity index (χ1n) is 20.7. The SMILES string of the molecule is Cc1cncc(/C=C/C(=O)NCCCCC2CCN(C(=O)c3ccc(N4CCN(CCCCNc5cccc6c5CN(C5CCC(=O)NC5=O)C6=O)C4)cn3)CC2)n1. The molecular formula is C43H54N10O5. The van der Waals surface area contributed by atoms with Crippen LogP contribution in [-0.2, 0) is 20.9 Å². The average Bonchev–Trinajstić information content (AvgIpc) is 3.84. The summed E-state index contributed by atoms with van der Waals surface area (Å²) < 4.78 is 0. The molecule has 0 bridgehead atoms. The third-order valence-electron chi connectivity index (χ3n) is 11.6. The number of hydrogen-bond acceptors (Lipinski definition) is 11. The number of nitrogens with one attached hydrogen (secondary N) is 3. The van der Waals surface area contributed by atoms with Crippen molar-refractivity contribution in [2.45, 2.75) is 77.3 Å². The molecule has 3 N–H and O–H groups in total. The van der Waals surface area contributed by atoms with E-state index in [1.165, 1.54) is 6.08 Å². The second-order valence-electron chi connectivity index (χ2n) is 15.7. The van der Waals surface area contributed by atoms with Gasteiger partial charge in [0.05, 0.1) is 36.1 Å². The number of anilines is 2. The number of piperidine rings is 2. The van der Waals surface area contributed by atoms with Crippen molar-refractivity contribution in [2.75, 3.05) is 62.7 Å². The van der Waals surface area contributed by atoms with Gasteiger partial charge in [-0.25, -0.2) is 4.98 Å². The van der Waals surface area contributed by atoms with Crippen LogP contribution in [-0.4, -0.2) is 118 Å². The highest BCUT2D eigenvalue weighted by molar-refractivity contribution is 6.06. The zero-order chi connectivity index (χ0) is 40.4. The highest BCUT2D eigenvalue weighted by Crippen LogP contribution is 2.32. The smallest absolute Gasteiger partial charge is 0.272 e. The first-order chi connectivity index (χ1) is 28.2. The van der Waals surface area contributed by atoms with E-state index in [9.17, 15) is 24.0 Å². The van der Waals surface area contributed by atoms with Crippen molar-refractivity contribution >= 4 is 47.0 Å².